The Bertz CT molecular complexity index is 1990. The Balaban J connectivity index is 1.36. The zero-order valence-electron chi connectivity index (χ0n) is 26.2. The maximum Gasteiger partial charge on any atom is 0.424 e. The van der Waals surface area contributed by atoms with Crippen molar-refractivity contribution in [3.05, 3.63) is 82.9 Å². The topological polar surface area (TPSA) is 181 Å². The molecule has 16 heteroatoms. The van der Waals surface area contributed by atoms with E-state index in [0.29, 0.717) is 16.5 Å². The van der Waals surface area contributed by atoms with Crippen molar-refractivity contribution in [3.8, 4) is 17.0 Å². The SMILES string of the molecule is Cc1cnc2c(NC(=O)NNC3CC3)cc(C(=O)NC[C@](O)(c3cc4c(c(-c5ccc(F)cc5)n3)OC[C@]4(C)C(N)=O)C(F)(F)F)cc2c1. The van der Waals surface area contributed by atoms with Crippen molar-refractivity contribution in [1.82, 2.24) is 26.1 Å². The molecule has 49 heavy (non-hydrogen) atoms. The first kappa shape index (κ1) is 33.5. The highest BCUT2D eigenvalue weighted by atomic mass is 19.4. The lowest BCUT2D eigenvalue weighted by molar-refractivity contribution is -0.265. The van der Waals surface area contributed by atoms with Crippen LogP contribution in [-0.4, -0.2) is 58.3 Å². The molecule has 6 rings (SSSR count). The predicted molar refractivity (Wildman–Crippen MR) is 169 cm³/mol. The smallest absolute Gasteiger partial charge is 0.424 e. The molecule has 0 spiro atoms. The summed E-state index contributed by atoms with van der Waals surface area (Å²) in [7, 11) is 0. The molecule has 1 aliphatic carbocycles. The summed E-state index contributed by atoms with van der Waals surface area (Å²) in [5.41, 5.74) is 5.47. The Kier molecular flexibility index (Phi) is 8.40. The third kappa shape index (κ3) is 6.44. The van der Waals surface area contributed by atoms with Crippen molar-refractivity contribution in [2.75, 3.05) is 18.5 Å². The molecule has 2 aromatic carbocycles. The Morgan fingerprint density at radius 2 is 1.82 bits per heavy atom. The number of hydrogen-bond donors (Lipinski definition) is 6. The minimum atomic E-state index is -5.41. The van der Waals surface area contributed by atoms with Crippen molar-refractivity contribution < 1.29 is 41.8 Å². The number of pyridine rings is 2. The molecule has 1 fully saturated rings. The highest BCUT2D eigenvalue weighted by molar-refractivity contribution is 6.05. The van der Waals surface area contributed by atoms with Crippen molar-refractivity contribution in [1.29, 1.82) is 0 Å². The molecule has 1 saturated carbocycles. The summed E-state index contributed by atoms with van der Waals surface area (Å²) in [6.45, 7) is 1.40. The maximum absolute atomic E-state index is 14.8. The average molecular weight is 682 g/mol. The number of ether oxygens (including phenoxy) is 1. The molecular formula is C33H31F4N7O5. The van der Waals surface area contributed by atoms with Gasteiger partial charge >= 0.3 is 12.2 Å². The second kappa shape index (κ2) is 12.3. The molecule has 2 aliphatic rings. The number of alkyl halides is 3. The standard InChI is InChI=1S/C33H31F4N7O5/c1-16-9-18-10-19(11-23(25(18)39-13-16)41-30(47)44-43-21-7-8-21)28(45)40-14-32(48,33(35,36)37)24-12-22-27(49-15-31(22,2)29(38)46)26(42-24)17-3-5-20(34)6-4-17/h3-6,9-13,21,43,48H,7-8,14-15H2,1-2H3,(H2,38,46)(H,40,45)(H2,41,44,47)/t31-,32-/m0/s1. The lowest BCUT2D eigenvalue weighted by Gasteiger charge is -2.31. The highest BCUT2D eigenvalue weighted by Crippen LogP contribution is 2.47. The number of nitrogens with zero attached hydrogens (tertiary/aromatic N) is 2. The van der Waals surface area contributed by atoms with Crippen LogP contribution in [0.3, 0.4) is 0 Å². The number of halogens is 4. The number of aromatic nitrogens is 2. The van der Waals surface area contributed by atoms with E-state index in [-0.39, 0.29) is 46.5 Å². The summed E-state index contributed by atoms with van der Waals surface area (Å²) in [6, 6.07) is 9.32. The first-order valence-electron chi connectivity index (χ1n) is 15.1. The van der Waals surface area contributed by atoms with Crippen LogP contribution < -0.4 is 32.0 Å². The van der Waals surface area contributed by atoms with Crippen LogP contribution >= 0.6 is 0 Å². The largest absolute Gasteiger partial charge is 0.489 e. The maximum atomic E-state index is 14.8. The van der Waals surface area contributed by atoms with Gasteiger partial charge in [0, 0.05) is 34.3 Å². The number of hydrogen-bond acceptors (Lipinski definition) is 8. The van der Waals surface area contributed by atoms with Gasteiger partial charge in [0.15, 0.2) is 0 Å². The Labute approximate surface area is 276 Å². The van der Waals surface area contributed by atoms with E-state index in [4.69, 9.17) is 10.5 Å². The zero-order chi connectivity index (χ0) is 35.3. The molecule has 0 saturated heterocycles. The monoisotopic (exact) mass is 681 g/mol. The fourth-order valence-corrected chi connectivity index (χ4v) is 5.38. The number of hydrazine groups is 1. The van der Waals surface area contributed by atoms with E-state index < -0.39 is 53.1 Å². The molecule has 4 aromatic rings. The van der Waals surface area contributed by atoms with Crippen LogP contribution in [0.4, 0.5) is 28.0 Å². The van der Waals surface area contributed by atoms with E-state index >= 15 is 0 Å². The number of aliphatic hydroxyl groups is 1. The van der Waals surface area contributed by atoms with Gasteiger partial charge in [0.05, 0.1) is 23.4 Å². The number of urea groups is 1. The van der Waals surface area contributed by atoms with E-state index in [2.05, 4.69) is 31.5 Å². The molecule has 3 heterocycles. The van der Waals surface area contributed by atoms with Gasteiger partial charge in [0.25, 0.3) is 5.91 Å². The number of fused-ring (bicyclic) bond motifs is 2. The van der Waals surface area contributed by atoms with E-state index in [9.17, 15) is 37.1 Å². The molecule has 1 aliphatic heterocycles. The van der Waals surface area contributed by atoms with E-state index in [1.165, 1.54) is 31.2 Å². The number of benzene rings is 2. The van der Waals surface area contributed by atoms with Gasteiger partial charge in [-0.2, -0.15) is 13.2 Å². The fourth-order valence-electron chi connectivity index (χ4n) is 5.38. The normalized spacial score (nSPS) is 18.3. The van der Waals surface area contributed by atoms with Gasteiger partial charge in [-0.1, -0.05) is 0 Å². The fraction of sp³-hybridized carbons (Fsp3) is 0.303. The van der Waals surface area contributed by atoms with Gasteiger partial charge in [0.1, 0.15) is 29.3 Å². The van der Waals surface area contributed by atoms with Gasteiger partial charge in [-0.3, -0.25) is 20.0 Å². The summed E-state index contributed by atoms with van der Waals surface area (Å²) in [6.07, 6.45) is -2.06. The van der Waals surface area contributed by atoms with Crippen LogP contribution in [0.5, 0.6) is 5.75 Å². The predicted octanol–water partition coefficient (Wildman–Crippen LogP) is 3.85. The molecule has 2 atom stereocenters. The van der Waals surface area contributed by atoms with Gasteiger partial charge in [0.2, 0.25) is 11.5 Å². The van der Waals surface area contributed by atoms with Crippen LogP contribution in [0.15, 0.2) is 54.7 Å². The van der Waals surface area contributed by atoms with E-state index in [1.807, 2.05) is 0 Å². The quantitative estimate of drug-likeness (QED) is 0.114. The number of aryl methyl sites for hydroxylation is 1. The lowest BCUT2D eigenvalue weighted by atomic mass is 9.81. The average Bonchev–Trinajstić information content (AvgIpc) is 3.82. The molecule has 12 nitrogen and oxygen atoms in total. The minimum Gasteiger partial charge on any atom is -0.489 e. The molecular weight excluding hydrogens is 650 g/mol. The second-order valence-corrected chi connectivity index (χ2v) is 12.4. The van der Waals surface area contributed by atoms with Crippen molar-refractivity contribution in [3.63, 3.8) is 0 Å². The number of anilines is 1. The van der Waals surface area contributed by atoms with Crippen LogP contribution in [0.1, 0.15) is 46.9 Å². The van der Waals surface area contributed by atoms with Crippen LogP contribution in [0, 0.1) is 12.7 Å². The van der Waals surface area contributed by atoms with Crippen molar-refractivity contribution in [2.45, 2.75) is 49.9 Å². The third-order valence-corrected chi connectivity index (χ3v) is 8.53. The second-order valence-electron chi connectivity index (χ2n) is 12.4. The van der Waals surface area contributed by atoms with E-state index in [1.54, 1.807) is 19.2 Å². The number of nitrogens with one attached hydrogen (secondary N) is 4. The first-order valence-corrected chi connectivity index (χ1v) is 15.1. The molecule has 0 radical (unpaired) electrons. The highest BCUT2D eigenvalue weighted by Gasteiger charge is 2.57. The molecule has 2 aromatic heterocycles. The van der Waals surface area contributed by atoms with Gasteiger partial charge in [-0.05, 0) is 80.8 Å². The Hall–Kier alpha value is -5.35. The molecule has 0 bridgehead atoms. The Morgan fingerprint density at radius 3 is 2.47 bits per heavy atom. The molecule has 256 valence electrons. The van der Waals surface area contributed by atoms with Crippen molar-refractivity contribution >= 4 is 34.4 Å². The van der Waals surface area contributed by atoms with Crippen LogP contribution in [-0.2, 0) is 15.8 Å². The molecule has 0 unspecified atom stereocenters. The van der Waals surface area contributed by atoms with Gasteiger partial charge in [-0.15, -0.1) is 0 Å². The number of amides is 4. The van der Waals surface area contributed by atoms with E-state index in [0.717, 1.165) is 31.0 Å². The summed E-state index contributed by atoms with van der Waals surface area (Å²) in [5.74, 6) is -2.60. The molecule has 4 amide bonds. The first-order chi connectivity index (χ1) is 23.1. The van der Waals surface area contributed by atoms with Crippen molar-refractivity contribution in [2.24, 2.45) is 5.73 Å². The van der Waals surface area contributed by atoms with Gasteiger partial charge < -0.3 is 26.2 Å². The van der Waals surface area contributed by atoms with Crippen LogP contribution in [0.25, 0.3) is 22.2 Å². The Morgan fingerprint density at radius 1 is 1.10 bits per heavy atom. The summed E-state index contributed by atoms with van der Waals surface area (Å²) >= 11 is 0. The molecule has 7 N–H and O–H groups in total. The number of rotatable bonds is 9. The lowest BCUT2D eigenvalue weighted by Crippen LogP contribution is -2.51. The number of primary amides is 1. The summed E-state index contributed by atoms with van der Waals surface area (Å²) in [4.78, 5) is 46.9. The zero-order valence-corrected chi connectivity index (χ0v) is 26.2. The summed E-state index contributed by atoms with van der Waals surface area (Å²) < 4.78 is 63.9. The number of carbonyl (C=O) groups is 3. The third-order valence-electron chi connectivity index (χ3n) is 8.53. The van der Waals surface area contributed by atoms with Crippen LogP contribution in [0.2, 0.25) is 0 Å². The summed E-state index contributed by atoms with van der Waals surface area (Å²) in [5, 5.41) is 16.5. The number of nitrogens with two attached hydrogens (primary N) is 1. The number of carbonyl (C=O) groups excluding carboxylic acids is 3. The minimum absolute atomic E-state index is 0.0540. The van der Waals surface area contributed by atoms with Gasteiger partial charge in [-0.25, -0.2) is 19.6 Å².